The monoisotopic (exact) mass is 480 g/mol. The van der Waals surface area contributed by atoms with Crippen LogP contribution < -0.4 is 10.2 Å². The number of carbonyl (C=O) groups is 1. The molecule has 0 atom stereocenters. The van der Waals surface area contributed by atoms with Crippen LogP contribution in [0.15, 0.2) is 46.2 Å². The van der Waals surface area contributed by atoms with Crippen molar-refractivity contribution >= 4 is 56.4 Å². The molecule has 12 heteroatoms. The van der Waals surface area contributed by atoms with Crippen molar-refractivity contribution < 1.29 is 9.21 Å². The SMILES string of the molecule is O=C(Nc1nc(-c2cc3cc(Cl)ccc3o2)cs1)C1CCN(c2ccc3nnnn3n2)CC1. The Bertz CT molecular complexity index is 1470. The van der Waals surface area contributed by atoms with Crippen LogP contribution in [0.5, 0.6) is 0 Å². The number of hydrogen-bond acceptors (Lipinski definition) is 9. The fraction of sp³-hybridized carbons (Fsp3) is 0.238. The van der Waals surface area contributed by atoms with E-state index in [-0.39, 0.29) is 11.8 Å². The Labute approximate surface area is 196 Å². The second-order valence-electron chi connectivity index (χ2n) is 7.80. The topological polar surface area (TPSA) is 114 Å². The van der Waals surface area contributed by atoms with Gasteiger partial charge in [-0.1, -0.05) is 11.6 Å². The van der Waals surface area contributed by atoms with Gasteiger partial charge in [-0.2, -0.15) is 0 Å². The average Bonchev–Trinajstić information content (AvgIpc) is 3.57. The lowest BCUT2D eigenvalue weighted by Crippen LogP contribution is -2.38. The van der Waals surface area contributed by atoms with Gasteiger partial charge in [0.1, 0.15) is 11.3 Å². The molecule has 4 aromatic heterocycles. The lowest BCUT2D eigenvalue weighted by molar-refractivity contribution is -0.120. The molecule has 0 aliphatic carbocycles. The number of nitrogens with zero attached hydrogens (tertiary/aromatic N) is 7. The molecule has 1 aliphatic heterocycles. The van der Waals surface area contributed by atoms with Crippen molar-refractivity contribution in [3.63, 3.8) is 0 Å². The highest BCUT2D eigenvalue weighted by Gasteiger charge is 2.26. The molecule has 5 aromatic rings. The Balaban J connectivity index is 1.09. The number of carbonyl (C=O) groups excluding carboxylic acids is 1. The van der Waals surface area contributed by atoms with Crippen molar-refractivity contribution in [3.05, 3.63) is 46.8 Å². The highest BCUT2D eigenvalue weighted by atomic mass is 35.5. The molecule has 10 nitrogen and oxygen atoms in total. The Morgan fingerprint density at radius 3 is 2.94 bits per heavy atom. The summed E-state index contributed by atoms with van der Waals surface area (Å²) in [6, 6.07) is 11.1. The van der Waals surface area contributed by atoms with Gasteiger partial charge in [-0.25, -0.2) is 4.98 Å². The molecule has 1 aromatic carbocycles. The molecule has 5 heterocycles. The predicted octanol–water partition coefficient (Wildman–Crippen LogP) is 3.90. The summed E-state index contributed by atoms with van der Waals surface area (Å²) in [6.07, 6.45) is 1.45. The number of amides is 1. The van der Waals surface area contributed by atoms with E-state index in [1.165, 1.54) is 16.0 Å². The van der Waals surface area contributed by atoms with Crippen LogP contribution in [-0.2, 0) is 4.79 Å². The Morgan fingerprint density at radius 1 is 1.18 bits per heavy atom. The number of nitrogens with one attached hydrogen (secondary N) is 1. The minimum Gasteiger partial charge on any atom is -0.454 e. The molecule has 1 amide bonds. The van der Waals surface area contributed by atoms with E-state index in [1.807, 2.05) is 35.7 Å². The largest absolute Gasteiger partial charge is 0.454 e. The zero-order valence-corrected chi connectivity index (χ0v) is 18.8. The smallest absolute Gasteiger partial charge is 0.229 e. The number of rotatable bonds is 4. The van der Waals surface area contributed by atoms with Crippen molar-refractivity contribution in [2.24, 2.45) is 5.92 Å². The average molecular weight is 481 g/mol. The summed E-state index contributed by atoms with van der Waals surface area (Å²) < 4.78 is 7.27. The summed E-state index contributed by atoms with van der Waals surface area (Å²) in [5.41, 5.74) is 2.03. The third kappa shape index (κ3) is 3.89. The van der Waals surface area contributed by atoms with Gasteiger partial charge in [0.2, 0.25) is 5.91 Å². The van der Waals surface area contributed by atoms with E-state index in [2.05, 4.69) is 35.8 Å². The van der Waals surface area contributed by atoms with Crippen molar-refractivity contribution in [3.8, 4) is 11.5 Å². The minimum atomic E-state index is -0.0845. The number of furan rings is 1. The molecule has 1 saturated heterocycles. The molecule has 0 unspecified atom stereocenters. The van der Waals surface area contributed by atoms with Gasteiger partial charge in [0.05, 0.1) is 0 Å². The van der Waals surface area contributed by atoms with Crippen molar-refractivity contribution in [1.29, 1.82) is 0 Å². The van der Waals surface area contributed by atoms with Crippen molar-refractivity contribution in [2.45, 2.75) is 12.8 Å². The fourth-order valence-corrected chi connectivity index (χ4v) is 4.86. The maximum absolute atomic E-state index is 12.8. The number of anilines is 2. The first-order chi connectivity index (χ1) is 16.1. The number of benzene rings is 1. The second kappa shape index (κ2) is 8.09. The van der Waals surface area contributed by atoms with Crippen LogP contribution in [0.2, 0.25) is 5.02 Å². The van der Waals surface area contributed by atoms with E-state index in [0.29, 0.717) is 27.3 Å². The lowest BCUT2D eigenvalue weighted by atomic mass is 9.96. The summed E-state index contributed by atoms with van der Waals surface area (Å²) in [5, 5.41) is 22.7. The highest BCUT2D eigenvalue weighted by molar-refractivity contribution is 7.14. The van der Waals surface area contributed by atoms with E-state index < -0.39 is 0 Å². The van der Waals surface area contributed by atoms with Crippen molar-refractivity contribution in [1.82, 2.24) is 30.2 Å². The molecule has 1 aliphatic rings. The zero-order valence-electron chi connectivity index (χ0n) is 17.2. The number of hydrogen-bond donors (Lipinski definition) is 1. The normalized spacial score (nSPS) is 14.9. The fourth-order valence-electron chi connectivity index (χ4n) is 3.97. The van der Waals surface area contributed by atoms with Gasteiger partial charge in [-0.05, 0) is 59.7 Å². The lowest BCUT2D eigenvalue weighted by Gasteiger charge is -2.31. The third-order valence-electron chi connectivity index (χ3n) is 5.71. The van der Waals surface area contributed by atoms with Gasteiger partial charge in [-0.3, -0.25) is 4.79 Å². The molecule has 166 valence electrons. The Hall–Kier alpha value is -3.57. The van der Waals surface area contributed by atoms with Crippen LogP contribution in [0.3, 0.4) is 0 Å². The molecule has 0 radical (unpaired) electrons. The molecular formula is C21H17ClN8O2S. The van der Waals surface area contributed by atoms with Crippen LogP contribution >= 0.6 is 22.9 Å². The summed E-state index contributed by atoms with van der Waals surface area (Å²) in [7, 11) is 0. The van der Waals surface area contributed by atoms with Crippen molar-refractivity contribution in [2.75, 3.05) is 23.3 Å². The van der Waals surface area contributed by atoms with Gasteiger partial charge in [0, 0.05) is 34.8 Å². The Morgan fingerprint density at radius 2 is 2.06 bits per heavy atom. The van der Waals surface area contributed by atoms with E-state index >= 15 is 0 Å². The van der Waals surface area contributed by atoms with E-state index in [4.69, 9.17) is 16.0 Å². The molecule has 0 spiro atoms. The first kappa shape index (κ1) is 20.1. The first-order valence-electron chi connectivity index (χ1n) is 10.4. The molecule has 1 fully saturated rings. The Kier molecular flexibility index (Phi) is 4.92. The van der Waals surface area contributed by atoms with Crippen LogP contribution in [0.1, 0.15) is 12.8 Å². The summed E-state index contributed by atoms with van der Waals surface area (Å²) >= 11 is 7.43. The van der Waals surface area contributed by atoms with Gasteiger partial charge in [-0.15, -0.1) is 26.2 Å². The number of aromatic nitrogens is 6. The first-order valence-corrected chi connectivity index (χ1v) is 11.6. The molecular weight excluding hydrogens is 464 g/mol. The highest BCUT2D eigenvalue weighted by Crippen LogP contribution is 2.32. The zero-order chi connectivity index (χ0) is 22.4. The van der Waals surface area contributed by atoms with Crippen LogP contribution in [0.4, 0.5) is 10.9 Å². The van der Waals surface area contributed by atoms with Crippen LogP contribution in [0, 0.1) is 5.92 Å². The maximum atomic E-state index is 12.8. The summed E-state index contributed by atoms with van der Waals surface area (Å²) in [6.45, 7) is 1.45. The number of piperidine rings is 1. The molecule has 1 N–H and O–H groups in total. The number of fused-ring (bicyclic) bond motifs is 2. The second-order valence-corrected chi connectivity index (χ2v) is 9.09. The maximum Gasteiger partial charge on any atom is 0.229 e. The number of halogens is 1. The van der Waals surface area contributed by atoms with Gasteiger partial charge < -0.3 is 14.6 Å². The predicted molar refractivity (Wildman–Crippen MR) is 124 cm³/mol. The minimum absolute atomic E-state index is 0.0178. The van der Waals surface area contributed by atoms with Crippen LogP contribution in [0.25, 0.3) is 28.1 Å². The molecule has 33 heavy (non-hydrogen) atoms. The quantitative estimate of drug-likeness (QED) is 0.412. The molecule has 6 rings (SSSR count). The molecule has 0 saturated carbocycles. The third-order valence-corrected chi connectivity index (χ3v) is 6.70. The number of thiazole rings is 1. The summed E-state index contributed by atoms with van der Waals surface area (Å²) in [4.78, 5) is 19.5. The standard InChI is InChI=1S/C21H17ClN8O2S/c22-14-1-2-16-13(9-14)10-17(32-16)15-11-33-21(23-15)24-20(31)12-5-7-29(8-6-12)19-4-3-18-25-27-28-30(18)26-19/h1-4,9-12H,5-8H2,(H,23,24,31). The molecule has 0 bridgehead atoms. The number of tetrazole rings is 1. The van der Waals surface area contributed by atoms with Crippen LogP contribution in [-0.4, -0.2) is 49.2 Å². The summed E-state index contributed by atoms with van der Waals surface area (Å²) in [5.74, 6) is 1.34. The van der Waals surface area contributed by atoms with Gasteiger partial charge >= 0.3 is 0 Å². The van der Waals surface area contributed by atoms with Gasteiger partial charge in [0.25, 0.3) is 0 Å². The van der Waals surface area contributed by atoms with E-state index in [1.54, 1.807) is 6.07 Å². The van der Waals surface area contributed by atoms with Gasteiger partial charge in [0.15, 0.2) is 22.4 Å². The van der Waals surface area contributed by atoms with E-state index in [0.717, 1.165) is 42.7 Å². The van der Waals surface area contributed by atoms with E-state index in [9.17, 15) is 4.79 Å².